The lowest BCUT2D eigenvalue weighted by Crippen LogP contribution is -2.33. The minimum absolute atomic E-state index is 0.868. The lowest BCUT2D eigenvalue weighted by atomic mass is 10.1. The first-order chi connectivity index (χ1) is 8.83. The van der Waals surface area contributed by atoms with E-state index in [2.05, 4.69) is 29.3 Å². The second-order valence-electron chi connectivity index (χ2n) is 4.51. The van der Waals surface area contributed by atoms with Gasteiger partial charge >= 0.3 is 0 Å². The van der Waals surface area contributed by atoms with Crippen molar-refractivity contribution < 1.29 is 0 Å². The highest BCUT2D eigenvalue weighted by molar-refractivity contribution is 7.99. The number of hydrogen-bond acceptors (Lipinski definition) is 3. The molecule has 1 fully saturated rings. The van der Waals surface area contributed by atoms with Gasteiger partial charge in [-0.25, -0.2) is 0 Å². The van der Waals surface area contributed by atoms with Crippen LogP contribution in [0.4, 0.5) is 5.69 Å². The van der Waals surface area contributed by atoms with Crippen molar-refractivity contribution in [3.8, 4) is 0 Å². The lowest BCUT2D eigenvalue weighted by molar-refractivity contribution is 0.673. The maximum atomic E-state index is 6.36. The number of benzene rings is 1. The fraction of sp³-hybridized carbons (Fsp3) is 0.571. The molecule has 0 unspecified atom stereocenters. The van der Waals surface area contributed by atoms with Crippen LogP contribution >= 0.6 is 23.4 Å². The van der Waals surface area contributed by atoms with Crippen LogP contribution in [0, 0.1) is 0 Å². The smallest absolute Gasteiger partial charge is 0.0471 e. The minimum atomic E-state index is 0.868. The topological polar surface area (TPSA) is 15.3 Å². The molecule has 1 heterocycles. The van der Waals surface area contributed by atoms with Crippen LogP contribution in [-0.2, 0) is 6.54 Å². The van der Waals surface area contributed by atoms with E-state index in [1.54, 1.807) is 0 Å². The van der Waals surface area contributed by atoms with Gasteiger partial charge in [-0.1, -0.05) is 24.6 Å². The van der Waals surface area contributed by atoms with E-state index in [-0.39, 0.29) is 0 Å². The zero-order valence-corrected chi connectivity index (χ0v) is 12.5. The minimum Gasteiger partial charge on any atom is -0.370 e. The highest BCUT2D eigenvalue weighted by Gasteiger charge is 2.16. The molecule has 0 amide bonds. The van der Waals surface area contributed by atoms with Crippen LogP contribution in [0.2, 0.25) is 5.02 Å². The third-order valence-corrected chi connectivity index (χ3v) is 4.47. The molecule has 0 aromatic heterocycles. The van der Waals surface area contributed by atoms with Crippen molar-refractivity contribution in [2.24, 2.45) is 0 Å². The molecule has 0 aliphatic carbocycles. The molecule has 1 aliphatic heterocycles. The van der Waals surface area contributed by atoms with Gasteiger partial charge in [0.2, 0.25) is 0 Å². The van der Waals surface area contributed by atoms with Crippen LogP contribution in [0.15, 0.2) is 18.2 Å². The molecule has 0 saturated carbocycles. The monoisotopic (exact) mass is 284 g/mol. The van der Waals surface area contributed by atoms with Crippen molar-refractivity contribution in [2.45, 2.75) is 19.9 Å². The van der Waals surface area contributed by atoms with E-state index >= 15 is 0 Å². The Morgan fingerprint density at radius 2 is 2.11 bits per heavy atom. The molecule has 0 atom stereocenters. The maximum Gasteiger partial charge on any atom is 0.0471 e. The lowest BCUT2D eigenvalue weighted by Gasteiger charge is -2.30. The number of anilines is 1. The van der Waals surface area contributed by atoms with E-state index in [1.807, 2.05) is 17.8 Å². The first-order valence-electron chi connectivity index (χ1n) is 6.63. The van der Waals surface area contributed by atoms with E-state index in [1.165, 1.54) is 22.8 Å². The normalized spacial score (nSPS) is 16.0. The van der Waals surface area contributed by atoms with Crippen LogP contribution in [0.3, 0.4) is 0 Å². The van der Waals surface area contributed by atoms with Gasteiger partial charge in [0, 0.05) is 47.4 Å². The number of nitrogens with one attached hydrogen (secondary N) is 1. The molecule has 0 spiro atoms. The standard InChI is InChI=1S/C14H21ClN2S/c1-2-6-16-11-12-13(15)4-3-5-14(12)17-7-9-18-10-8-17/h3-5,16H,2,6-11H2,1H3. The summed E-state index contributed by atoms with van der Waals surface area (Å²) in [6.07, 6.45) is 1.15. The Labute approximate surface area is 119 Å². The summed E-state index contributed by atoms with van der Waals surface area (Å²) < 4.78 is 0. The van der Waals surface area contributed by atoms with Gasteiger partial charge in [0.15, 0.2) is 0 Å². The Morgan fingerprint density at radius 1 is 1.33 bits per heavy atom. The first kappa shape index (κ1) is 14.0. The van der Waals surface area contributed by atoms with Gasteiger partial charge in [-0.15, -0.1) is 0 Å². The average molecular weight is 285 g/mol. The van der Waals surface area contributed by atoms with Crippen LogP contribution in [0.1, 0.15) is 18.9 Å². The van der Waals surface area contributed by atoms with Gasteiger partial charge in [-0.2, -0.15) is 11.8 Å². The molecule has 100 valence electrons. The Balaban J connectivity index is 2.14. The summed E-state index contributed by atoms with van der Waals surface area (Å²) in [5.74, 6) is 2.43. The predicted molar refractivity (Wildman–Crippen MR) is 83.0 cm³/mol. The second-order valence-corrected chi connectivity index (χ2v) is 6.15. The van der Waals surface area contributed by atoms with E-state index in [0.717, 1.165) is 37.6 Å². The molecule has 1 aromatic rings. The molecule has 4 heteroatoms. The van der Waals surface area contributed by atoms with E-state index < -0.39 is 0 Å². The van der Waals surface area contributed by atoms with Gasteiger partial charge in [-0.05, 0) is 25.1 Å². The summed E-state index contributed by atoms with van der Waals surface area (Å²) in [7, 11) is 0. The Morgan fingerprint density at radius 3 is 2.83 bits per heavy atom. The van der Waals surface area contributed by atoms with E-state index in [4.69, 9.17) is 11.6 Å². The summed E-state index contributed by atoms with van der Waals surface area (Å²) >= 11 is 8.39. The SMILES string of the molecule is CCCNCc1c(Cl)cccc1N1CCSCC1. The van der Waals surface area contributed by atoms with Crippen molar-refractivity contribution in [1.29, 1.82) is 0 Å². The second kappa shape index (κ2) is 7.27. The van der Waals surface area contributed by atoms with Crippen molar-refractivity contribution in [1.82, 2.24) is 5.32 Å². The van der Waals surface area contributed by atoms with Crippen molar-refractivity contribution in [3.05, 3.63) is 28.8 Å². The van der Waals surface area contributed by atoms with Crippen molar-refractivity contribution >= 4 is 29.1 Å². The molecule has 2 rings (SSSR count). The highest BCUT2D eigenvalue weighted by Crippen LogP contribution is 2.29. The van der Waals surface area contributed by atoms with Crippen molar-refractivity contribution in [3.63, 3.8) is 0 Å². The van der Waals surface area contributed by atoms with Crippen LogP contribution in [0.25, 0.3) is 0 Å². The molecule has 1 aliphatic rings. The van der Waals surface area contributed by atoms with Crippen LogP contribution in [0.5, 0.6) is 0 Å². The number of nitrogens with zero attached hydrogens (tertiary/aromatic N) is 1. The summed E-state index contributed by atoms with van der Waals surface area (Å²) in [5.41, 5.74) is 2.56. The van der Waals surface area contributed by atoms with Gasteiger partial charge < -0.3 is 10.2 Å². The first-order valence-corrected chi connectivity index (χ1v) is 8.17. The third kappa shape index (κ3) is 3.56. The van der Waals surface area contributed by atoms with E-state index in [0.29, 0.717) is 0 Å². The van der Waals surface area contributed by atoms with Gasteiger partial charge in [0.1, 0.15) is 0 Å². The molecule has 0 radical (unpaired) electrons. The average Bonchev–Trinajstić information content (AvgIpc) is 2.42. The predicted octanol–water partition coefficient (Wildman–Crippen LogP) is 3.39. The summed E-state index contributed by atoms with van der Waals surface area (Å²) in [5, 5.41) is 4.34. The zero-order valence-electron chi connectivity index (χ0n) is 10.9. The fourth-order valence-electron chi connectivity index (χ4n) is 2.21. The summed E-state index contributed by atoms with van der Waals surface area (Å²) in [4.78, 5) is 2.46. The number of hydrogen-bond donors (Lipinski definition) is 1. The molecular weight excluding hydrogens is 264 g/mol. The molecule has 18 heavy (non-hydrogen) atoms. The largest absolute Gasteiger partial charge is 0.370 e. The highest BCUT2D eigenvalue weighted by atomic mass is 35.5. The van der Waals surface area contributed by atoms with Crippen molar-refractivity contribution in [2.75, 3.05) is 36.0 Å². The zero-order chi connectivity index (χ0) is 12.8. The third-order valence-electron chi connectivity index (χ3n) is 3.17. The molecular formula is C14H21ClN2S. The summed E-state index contributed by atoms with van der Waals surface area (Å²) in [6, 6.07) is 6.25. The Bertz CT molecular complexity index is 378. The Hall–Kier alpha value is -0.380. The van der Waals surface area contributed by atoms with E-state index in [9.17, 15) is 0 Å². The molecule has 2 nitrogen and oxygen atoms in total. The Kier molecular flexibility index (Phi) is 5.67. The van der Waals surface area contributed by atoms with Gasteiger partial charge in [0.05, 0.1) is 0 Å². The number of rotatable bonds is 5. The number of halogens is 1. The molecule has 1 aromatic carbocycles. The maximum absolute atomic E-state index is 6.36. The molecule has 0 bridgehead atoms. The molecule has 1 saturated heterocycles. The molecule has 1 N–H and O–H groups in total. The van der Waals surface area contributed by atoms with Crippen LogP contribution < -0.4 is 10.2 Å². The quantitative estimate of drug-likeness (QED) is 0.835. The van der Waals surface area contributed by atoms with Gasteiger partial charge in [0.25, 0.3) is 0 Å². The van der Waals surface area contributed by atoms with Gasteiger partial charge in [-0.3, -0.25) is 0 Å². The summed E-state index contributed by atoms with van der Waals surface area (Å²) in [6.45, 7) is 6.35. The number of thioether (sulfide) groups is 1. The fourth-order valence-corrected chi connectivity index (χ4v) is 3.35. The van der Waals surface area contributed by atoms with Crippen LogP contribution in [-0.4, -0.2) is 31.1 Å².